The molecule has 1 aromatic carbocycles. The van der Waals surface area contributed by atoms with Gasteiger partial charge in [-0.1, -0.05) is 18.6 Å². The lowest BCUT2D eigenvalue weighted by Crippen LogP contribution is -2.35. The Bertz CT molecular complexity index is 862. The van der Waals surface area contributed by atoms with E-state index < -0.39 is 21.8 Å². The smallest absolute Gasteiger partial charge is 0.340 e. The second kappa shape index (κ2) is 7.24. The van der Waals surface area contributed by atoms with Gasteiger partial charge >= 0.3 is 6.18 Å². The van der Waals surface area contributed by atoms with Crippen molar-refractivity contribution >= 4 is 21.5 Å². The molecule has 140 valence electrons. The summed E-state index contributed by atoms with van der Waals surface area (Å²) in [6.45, 7) is 0.947. The molecule has 9 heteroatoms. The molecule has 2 aromatic rings. The van der Waals surface area contributed by atoms with Crippen molar-refractivity contribution in [1.82, 2.24) is 9.29 Å². The Hall–Kier alpha value is -2.13. The number of aromatic nitrogens is 1. The predicted octanol–water partition coefficient (Wildman–Crippen LogP) is 4.02. The van der Waals surface area contributed by atoms with Gasteiger partial charge in [0.15, 0.2) is 0 Å². The average Bonchev–Trinajstić information content (AvgIpc) is 2.62. The Morgan fingerprint density at radius 2 is 1.69 bits per heavy atom. The summed E-state index contributed by atoms with van der Waals surface area (Å²) in [5.41, 5.74) is -0.953. The number of para-hydroxylation sites is 1. The first-order valence-electron chi connectivity index (χ1n) is 8.18. The Balaban J connectivity index is 1.81. The van der Waals surface area contributed by atoms with E-state index in [1.54, 1.807) is 0 Å². The van der Waals surface area contributed by atoms with Gasteiger partial charge < -0.3 is 5.32 Å². The highest BCUT2D eigenvalue weighted by Crippen LogP contribution is 2.35. The number of hydrogen-bond donors (Lipinski definition) is 1. The zero-order valence-corrected chi connectivity index (χ0v) is 14.6. The Morgan fingerprint density at radius 3 is 2.31 bits per heavy atom. The number of anilines is 2. The Labute approximate surface area is 149 Å². The highest BCUT2D eigenvalue weighted by atomic mass is 32.2. The van der Waals surface area contributed by atoms with Crippen molar-refractivity contribution in [2.75, 3.05) is 18.4 Å². The first-order chi connectivity index (χ1) is 12.3. The van der Waals surface area contributed by atoms with Crippen LogP contribution in [0.3, 0.4) is 0 Å². The molecule has 1 aliphatic rings. The van der Waals surface area contributed by atoms with E-state index in [4.69, 9.17) is 0 Å². The van der Waals surface area contributed by atoms with E-state index in [-0.39, 0.29) is 16.4 Å². The lowest BCUT2D eigenvalue weighted by atomic mass is 10.1. The molecule has 3 rings (SSSR count). The molecule has 26 heavy (non-hydrogen) atoms. The van der Waals surface area contributed by atoms with Gasteiger partial charge in [0.25, 0.3) is 0 Å². The minimum Gasteiger partial charge on any atom is -0.340 e. The van der Waals surface area contributed by atoms with E-state index in [0.717, 1.165) is 25.3 Å². The Morgan fingerprint density at radius 1 is 1.00 bits per heavy atom. The molecule has 1 N–H and O–H groups in total. The summed E-state index contributed by atoms with van der Waals surface area (Å²) in [6.07, 6.45) is -0.684. The van der Waals surface area contributed by atoms with E-state index in [2.05, 4.69) is 10.3 Å². The van der Waals surface area contributed by atoms with E-state index in [1.165, 1.54) is 40.8 Å². The molecule has 0 unspecified atom stereocenters. The number of alkyl halides is 3. The molecule has 0 amide bonds. The summed E-state index contributed by atoms with van der Waals surface area (Å²) in [5.74, 6) is 0.138. The summed E-state index contributed by atoms with van der Waals surface area (Å²) in [4.78, 5) is 4.01. The minimum atomic E-state index is -4.50. The van der Waals surface area contributed by atoms with Gasteiger partial charge in [0, 0.05) is 19.3 Å². The van der Waals surface area contributed by atoms with Crippen LogP contribution in [-0.4, -0.2) is 30.8 Å². The van der Waals surface area contributed by atoms with Crippen molar-refractivity contribution in [1.29, 1.82) is 0 Å². The van der Waals surface area contributed by atoms with E-state index >= 15 is 0 Å². The van der Waals surface area contributed by atoms with Crippen molar-refractivity contribution < 1.29 is 21.6 Å². The van der Waals surface area contributed by atoms with Crippen molar-refractivity contribution in [2.45, 2.75) is 30.3 Å². The average molecular weight is 385 g/mol. The molecule has 1 aliphatic heterocycles. The van der Waals surface area contributed by atoms with Crippen LogP contribution in [0.15, 0.2) is 47.5 Å². The molecule has 2 heterocycles. The zero-order valence-electron chi connectivity index (χ0n) is 13.8. The maximum absolute atomic E-state index is 13.0. The first kappa shape index (κ1) is 18.7. The first-order valence-corrected chi connectivity index (χ1v) is 9.62. The van der Waals surface area contributed by atoms with Crippen LogP contribution >= 0.6 is 0 Å². The van der Waals surface area contributed by atoms with Crippen molar-refractivity contribution in [3.63, 3.8) is 0 Å². The van der Waals surface area contributed by atoms with Crippen LogP contribution in [0.1, 0.15) is 24.8 Å². The molecule has 0 spiro atoms. The molecule has 0 aliphatic carbocycles. The fraction of sp³-hybridized carbons (Fsp3) is 0.353. The van der Waals surface area contributed by atoms with Crippen molar-refractivity contribution in [3.8, 4) is 0 Å². The van der Waals surface area contributed by atoms with E-state index in [1.807, 2.05) is 0 Å². The second-order valence-corrected chi connectivity index (χ2v) is 7.95. The molecule has 1 saturated heterocycles. The van der Waals surface area contributed by atoms with Gasteiger partial charge in [-0.05, 0) is 37.1 Å². The third kappa shape index (κ3) is 3.99. The highest BCUT2D eigenvalue weighted by molar-refractivity contribution is 7.89. The van der Waals surface area contributed by atoms with Crippen molar-refractivity contribution in [3.05, 3.63) is 48.2 Å². The number of benzene rings is 1. The van der Waals surface area contributed by atoms with E-state index in [9.17, 15) is 21.6 Å². The predicted molar refractivity (Wildman–Crippen MR) is 91.6 cm³/mol. The number of nitrogens with zero attached hydrogens (tertiary/aromatic N) is 2. The molecule has 1 aromatic heterocycles. The lowest BCUT2D eigenvalue weighted by molar-refractivity contribution is -0.136. The number of piperidine rings is 1. The summed E-state index contributed by atoms with van der Waals surface area (Å²) >= 11 is 0. The SMILES string of the molecule is O=S(=O)(c1ccc(Nc2ccccc2C(F)(F)F)nc1)N1CCCCC1. The molecule has 0 radical (unpaired) electrons. The maximum Gasteiger partial charge on any atom is 0.418 e. The number of rotatable bonds is 4. The topological polar surface area (TPSA) is 62.3 Å². The molecular formula is C17H18F3N3O2S. The van der Waals surface area contributed by atoms with Gasteiger partial charge in [-0.15, -0.1) is 0 Å². The minimum absolute atomic E-state index is 0.0362. The number of sulfonamides is 1. The zero-order chi connectivity index (χ0) is 18.8. The summed E-state index contributed by atoms with van der Waals surface area (Å²) in [5, 5.41) is 2.60. The Kier molecular flexibility index (Phi) is 5.19. The third-order valence-electron chi connectivity index (χ3n) is 4.18. The normalized spacial score (nSPS) is 16.4. The van der Waals surface area contributed by atoms with Gasteiger partial charge in [-0.25, -0.2) is 13.4 Å². The molecule has 0 atom stereocenters. The van der Waals surface area contributed by atoms with Crippen LogP contribution in [0.4, 0.5) is 24.7 Å². The summed E-state index contributed by atoms with van der Waals surface area (Å²) < 4.78 is 65.6. The summed E-state index contributed by atoms with van der Waals surface area (Å²) in [7, 11) is -3.62. The van der Waals surface area contributed by atoms with Crippen LogP contribution in [0.2, 0.25) is 0 Å². The van der Waals surface area contributed by atoms with Gasteiger partial charge in [0.2, 0.25) is 10.0 Å². The van der Waals surface area contributed by atoms with Gasteiger partial charge in [-0.2, -0.15) is 17.5 Å². The monoisotopic (exact) mass is 385 g/mol. The third-order valence-corrected chi connectivity index (χ3v) is 6.07. The molecule has 0 saturated carbocycles. The molecule has 1 fully saturated rings. The van der Waals surface area contributed by atoms with Crippen LogP contribution < -0.4 is 5.32 Å². The van der Waals surface area contributed by atoms with Crippen LogP contribution in [0, 0.1) is 0 Å². The number of halogens is 3. The van der Waals surface area contributed by atoms with Crippen molar-refractivity contribution in [2.24, 2.45) is 0 Å². The van der Waals surface area contributed by atoms with Gasteiger partial charge in [0.1, 0.15) is 10.7 Å². The molecule has 5 nitrogen and oxygen atoms in total. The van der Waals surface area contributed by atoms with Crippen LogP contribution in [-0.2, 0) is 16.2 Å². The van der Waals surface area contributed by atoms with Gasteiger partial charge in [-0.3, -0.25) is 0 Å². The quantitative estimate of drug-likeness (QED) is 0.864. The second-order valence-electron chi connectivity index (χ2n) is 6.01. The number of hydrogen-bond acceptors (Lipinski definition) is 4. The van der Waals surface area contributed by atoms with Crippen LogP contribution in [0.25, 0.3) is 0 Å². The lowest BCUT2D eigenvalue weighted by Gasteiger charge is -2.25. The summed E-state index contributed by atoms with van der Waals surface area (Å²) in [6, 6.07) is 7.77. The molecular weight excluding hydrogens is 367 g/mol. The fourth-order valence-corrected chi connectivity index (χ4v) is 4.30. The largest absolute Gasteiger partial charge is 0.418 e. The fourth-order valence-electron chi connectivity index (χ4n) is 2.84. The van der Waals surface area contributed by atoms with Gasteiger partial charge in [0.05, 0.1) is 11.3 Å². The number of nitrogens with one attached hydrogen (secondary N) is 1. The molecule has 0 bridgehead atoms. The standard InChI is InChI=1S/C17H18F3N3O2S/c18-17(19,20)14-6-2-3-7-15(14)22-16-9-8-13(12-21-16)26(24,25)23-10-4-1-5-11-23/h2-3,6-9,12H,1,4-5,10-11H2,(H,21,22). The van der Waals surface area contributed by atoms with Crippen LogP contribution in [0.5, 0.6) is 0 Å². The number of pyridine rings is 1. The highest BCUT2D eigenvalue weighted by Gasteiger charge is 2.33. The van der Waals surface area contributed by atoms with E-state index in [0.29, 0.717) is 13.1 Å². The maximum atomic E-state index is 13.0.